The zero-order valence-corrected chi connectivity index (χ0v) is 22.3. The number of carbonyl (C=O) groups excluding carboxylic acids is 2. The lowest BCUT2D eigenvalue weighted by molar-refractivity contribution is -0.136. The summed E-state index contributed by atoms with van der Waals surface area (Å²) >= 11 is 0. The number of nitrogens with one attached hydrogen (secondary N) is 3. The van der Waals surface area contributed by atoms with Crippen molar-refractivity contribution in [2.45, 2.75) is 19.4 Å². The predicted molar refractivity (Wildman–Crippen MR) is 149 cm³/mol. The van der Waals surface area contributed by atoms with Gasteiger partial charge in [-0.3, -0.25) is 14.6 Å². The fourth-order valence-corrected chi connectivity index (χ4v) is 4.76. The normalized spacial score (nSPS) is 14.2. The highest BCUT2D eigenvalue weighted by molar-refractivity contribution is 6.39. The summed E-state index contributed by atoms with van der Waals surface area (Å²) < 4.78 is 32.0. The van der Waals surface area contributed by atoms with Gasteiger partial charge in [0, 0.05) is 41.5 Å². The maximum absolute atomic E-state index is 15.3. The molecule has 1 atom stereocenters. The SMILES string of the molecule is COc1cc2nccc(Oc3ccc(NC(=O)C(=O)NCC4NCCc5ccccc54)c(C)c3F)c2cc1OC. The number of benzene rings is 3. The van der Waals surface area contributed by atoms with Gasteiger partial charge in [0.25, 0.3) is 0 Å². The average Bonchev–Trinajstić information content (AvgIpc) is 2.98. The monoisotopic (exact) mass is 544 g/mol. The average molecular weight is 545 g/mol. The van der Waals surface area contributed by atoms with Crippen LogP contribution in [-0.4, -0.2) is 44.1 Å². The van der Waals surface area contributed by atoms with E-state index in [-0.39, 0.29) is 29.6 Å². The maximum atomic E-state index is 15.3. The Morgan fingerprint density at radius 1 is 1.00 bits per heavy atom. The molecule has 0 saturated carbocycles. The van der Waals surface area contributed by atoms with E-state index in [0.29, 0.717) is 28.2 Å². The number of aromatic nitrogens is 1. The van der Waals surface area contributed by atoms with Gasteiger partial charge in [-0.2, -0.15) is 0 Å². The quantitative estimate of drug-likeness (QED) is 0.295. The number of nitrogens with zero attached hydrogens (tertiary/aromatic N) is 1. The number of fused-ring (bicyclic) bond motifs is 2. The van der Waals surface area contributed by atoms with Crippen molar-refractivity contribution in [3.63, 3.8) is 0 Å². The van der Waals surface area contributed by atoms with E-state index < -0.39 is 17.6 Å². The highest BCUT2D eigenvalue weighted by atomic mass is 19.1. The summed E-state index contributed by atoms with van der Waals surface area (Å²) in [4.78, 5) is 29.5. The summed E-state index contributed by atoms with van der Waals surface area (Å²) in [6, 6.07) is 15.8. The van der Waals surface area contributed by atoms with Crippen molar-refractivity contribution in [2.75, 3.05) is 32.6 Å². The number of halogens is 1. The van der Waals surface area contributed by atoms with Gasteiger partial charge in [-0.25, -0.2) is 4.39 Å². The van der Waals surface area contributed by atoms with E-state index in [1.54, 1.807) is 24.4 Å². The number of methoxy groups -OCH3 is 2. The van der Waals surface area contributed by atoms with Crippen LogP contribution in [0.3, 0.4) is 0 Å². The molecule has 9 nitrogen and oxygen atoms in total. The predicted octanol–water partition coefficient (Wildman–Crippen LogP) is 4.43. The van der Waals surface area contributed by atoms with Crippen molar-refractivity contribution in [1.82, 2.24) is 15.6 Å². The van der Waals surface area contributed by atoms with Gasteiger partial charge in [-0.15, -0.1) is 0 Å². The molecule has 40 heavy (non-hydrogen) atoms. The van der Waals surface area contributed by atoms with Crippen molar-refractivity contribution in [1.29, 1.82) is 0 Å². The molecule has 0 spiro atoms. The summed E-state index contributed by atoms with van der Waals surface area (Å²) in [5.74, 6) is -1.08. The first-order valence-corrected chi connectivity index (χ1v) is 12.8. The van der Waals surface area contributed by atoms with Gasteiger partial charge in [0.15, 0.2) is 23.1 Å². The highest BCUT2D eigenvalue weighted by Gasteiger charge is 2.23. The lowest BCUT2D eigenvalue weighted by Crippen LogP contribution is -2.42. The molecule has 5 rings (SSSR count). The Balaban J connectivity index is 1.28. The molecule has 0 saturated heterocycles. The van der Waals surface area contributed by atoms with Gasteiger partial charge in [0.2, 0.25) is 0 Å². The third-order valence-corrected chi connectivity index (χ3v) is 6.91. The summed E-state index contributed by atoms with van der Waals surface area (Å²) in [7, 11) is 3.04. The second kappa shape index (κ2) is 11.6. The molecule has 2 amide bonds. The van der Waals surface area contributed by atoms with Crippen molar-refractivity contribution < 1.29 is 28.2 Å². The second-order valence-electron chi connectivity index (χ2n) is 9.31. The van der Waals surface area contributed by atoms with Crippen molar-refractivity contribution >= 4 is 28.4 Å². The van der Waals surface area contributed by atoms with Gasteiger partial charge < -0.3 is 30.2 Å². The molecule has 1 aliphatic rings. The number of rotatable bonds is 7. The van der Waals surface area contributed by atoms with Crippen LogP contribution in [0.25, 0.3) is 10.9 Å². The zero-order chi connectivity index (χ0) is 28.2. The molecule has 3 N–H and O–H groups in total. The summed E-state index contributed by atoms with van der Waals surface area (Å²) in [6.07, 6.45) is 2.45. The summed E-state index contributed by atoms with van der Waals surface area (Å²) in [5, 5.41) is 9.12. The van der Waals surface area contributed by atoms with Crippen molar-refractivity contribution in [3.8, 4) is 23.0 Å². The van der Waals surface area contributed by atoms with E-state index in [1.807, 2.05) is 18.2 Å². The topological polar surface area (TPSA) is 111 Å². The van der Waals surface area contributed by atoms with Crippen molar-refractivity contribution in [3.05, 3.63) is 83.3 Å². The molecule has 0 bridgehead atoms. The fourth-order valence-electron chi connectivity index (χ4n) is 4.76. The maximum Gasteiger partial charge on any atom is 0.313 e. The first-order chi connectivity index (χ1) is 19.4. The lowest BCUT2D eigenvalue weighted by Gasteiger charge is -2.27. The van der Waals surface area contributed by atoms with E-state index in [1.165, 1.54) is 38.8 Å². The number of ether oxygens (including phenoxy) is 3. The molecule has 0 radical (unpaired) electrons. The first-order valence-electron chi connectivity index (χ1n) is 12.8. The Morgan fingerprint density at radius 3 is 2.58 bits per heavy atom. The van der Waals surface area contributed by atoms with Crippen LogP contribution in [0.15, 0.2) is 60.8 Å². The minimum absolute atomic E-state index is 0.0516. The van der Waals surface area contributed by atoms with Crippen LogP contribution >= 0.6 is 0 Å². The molecule has 0 aliphatic carbocycles. The molecule has 3 aromatic carbocycles. The number of anilines is 1. The van der Waals surface area contributed by atoms with Crippen LogP contribution in [0.4, 0.5) is 10.1 Å². The molecule has 1 unspecified atom stereocenters. The summed E-state index contributed by atoms with van der Waals surface area (Å²) in [5.41, 5.74) is 3.19. The molecule has 1 aromatic heterocycles. The Hall–Kier alpha value is -4.70. The van der Waals surface area contributed by atoms with Crippen LogP contribution in [0.2, 0.25) is 0 Å². The van der Waals surface area contributed by atoms with E-state index in [4.69, 9.17) is 14.2 Å². The smallest absolute Gasteiger partial charge is 0.313 e. The highest BCUT2D eigenvalue weighted by Crippen LogP contribution is 2.38. The van der Waals surface area contributed by atoms with E-state index in [2.05, 4.69) is 27.0 Å². The second-order valence-corrected chi connectivity index (χ2v) is 9.31. The van der Waals surface area contributed by atoms with Crippen LogP contribution in [0.5, 0.6) is 23.0 Å². The Bertz CT molecular complexity index is 1590. The lowest BCUT2D eigenvalue weighted by atomic mass is 9.94. The largest absolute Gasteiger partial charge is 0.493 e. The molecule has 206 valence electrons. The van der Waals surface area contributed by atoms with Gasteiger partial charge in [0.05, 0.1) is 19.7 Å². The van der Waals surface area contributed by atoms with Crippen LogP contribution in [-0.2, 0) is 16.0 Å². The van der Waals surface area contributed by atoms with Crippen LogP contribution < -0.4 is 30.2 Å². The number of pyridine rings is 1. The number of amides is 2. The number of carbonyl (C=O) groups is 2. The number of hydrogen-bond donors (Lipinski definition) is 3. The Kier molecular flexibility index (Phi) is 7.79. The zero-order valence-electron chi connectivity index (χ0n) is 22.3. The Morgan fingerprint density at radius 2 is 1.77 bits per heavy atom. The van der Waals surface area contributed by atoms with Gasteiger partial charge in [-0.1, -0.05) is 24.3 Å². The van der Waals surface area contributed by atoms with Gasteiger partial charge in [0.1, 0.15) is 5.75 Å². The third kappa shape index (κ3) is 5.39. The molecule has 0 fully saturated rings. The third-order valence-electron chi connectivity index (χ3n) is 6.91. The molecule has 4 aromatic rings. The number of hydrogen-bond acceptors (Lipinski definition) is 7. The summed E-state index contributed by atoms with van der Waals surface area (Å²) in [6.45, 7) is 2.53. The molecular weight excluding hydrogens is 515 g/mol. The fraction of sp³-hybridized carbons (Fsp3) is 0.233. The molecule has 10 heteroatoms. The van der Waals surface area contributed by atoms with Gasteiger partial charge in [-0.05, 0) is 55.3 Å². The van der Waals surface area contributed by atoms with Gasteiger partial charge >= 0.3 is 11.8 Å². The van der Waals surface area contributed by atoms with Crippen LogP contribution in [0, 0.1) is 12.7 Å². The molecule has 1 aliphatic heterocycles. The van der Waals surface area contributed by atoms with E-state index >= 15 is 4.39 Å². The van der Waals surface area contributed by atoms with Crippen LogP contribution in [0.1, 0.15) is 22.7 Å². The Labute approximate surface area is 230 Å². The molecule has 2 heterocycles. The minimum Gasteiger partial charge on any atom is -0.493 e. The standard InChI is InChI=1S/C30H29FN4O5/c1-17-21(35-30(37)29(36)34-16-23-19-7-5-4-6-18(19)10-12-33-23)8-9-25(28(17)31)40-24-11-13-32-22-15-27(39-3)26(38-2)14-20(22)24/h4-9,11,13-15,23,33H,10,12,16H2,1-3H3,(H,34,36)(H,35,37). The van der Waals surface area contributed by atoms with Crippen molar-refractivity contribution in [2.24, 2.45) is 0 Å². The van der Waals surface area contributed by atoms with E-state index in [0.717, 1.165) is 18.5 Å². The minimum atomic E-state index is -0.888. The molecular formula is C30H29FN4O5. The first kappa shape index (κ1) is 26.9. The van der Waals surface area contributed by atoms with E-state index in [9.17, 15) is 9.59 Å².